The second-order valence-electron chi connectivity index (χ2n) is 8.46. The lowest BCUT2D eigenvalue weighted by molar-refractivity contribution is -0.384. The molecule has 4 rings (SSSR count). The van der Waals surface area contributed by atoms with E-state index >= 15 is 0 Å². The highest BCUT2D eigenvalue weighted by atomic mass is 32.2. The Morgan fingerprint density at radius 1 is 1.28 bits per heavy atom. The first kappa shape index (κ1) is 25.7. The van der Waals surface area contributed by atoms with E-state index < -0.39 is 39.0 Å². The van der Waals surface area contributed by atoms with Gasteiger partial charge >= 0.3 is 5.97 Å². The zero-order valence-electron chi connectivity index (χ0n) is 19.4. The van der Waals surface area contributed by atoms with E-state index in [1.807, 2.05) is 28.9 Å². The largest absolute Gasteiger partial charge is 0.460 e. The Balaban J connectivity index is 1.53. The molecular weight excluding hydrogens is 506 g/mol. The van der Waals surface area contributed by atoms with Crippen molar-refractivity contribution in [3.63, 3.8) is 0 Å². The molecule has 3 aromatic rings. The van der Waals surface area contributed by atoms with Crippen molar-refractivity contribution in [2.75, 3.05) is 13.6 Å². The van der Waals surface area contributed by atoms with Crippen molar-refractivity contribution >= 4 is 44.5 Å². The topological polar surface area (TPSA) is 145 Å². The predicted octanol–water partition coefficient (Wildman–Crippen LogP) is 2.49. The number of rotatable bonds is 8. The van der Waals surface area contributed by atoms with Crippen LogP contribution in [0, 0.1) is 10.1 Å². The Hall–Kier alpha value is -3.42. The van der Waals surface area contributed by atoms with Crippen molar-refractivity contribution in [1.29, 1.82) is 0 Å². The van der Waals surface area contributed by atoms with Crippen molar-refractivity contribution in [1.82, 2.24) is 19.4 Å². The molecule has 0 spiro atoms. The number of nitro groups is 1. The number of nitrogens with zero attached hydrogens (tertiary/aromatic N) is 3. The summed E-state index contributed by atoms with van der Waals surface area (Å²) in [4.78, 5) is 27.6. The number of fused-ring (bicyclic) bond motifs is 1. The van der Waals surface area contributed by atoms with Gasteiger partial charge in [0.05, 0.1) is 20.2 Å². The van der Waals surface area contributed by atoms with E-state index in [1.54, 1.807) is 13.2 Å². The first-order valence-corrected chi connectivity index (χ1v) is 13.2. The molecule has 1 aliphatic rings. The molecule has 190 valence electrons. The molecule has 2 atom stereocenters. The Morgan fingerprint density at radius 3 is 2.72 bits per heavy atom. The SMILES string of the molecule is CNC(=S)C1(c2ccc3nccn3c2)CCCCC1OC(=O)CNS(=O)(=O)c1ccc([N+](=O)[O-])cc1. The van der Waals surface area contributed by atoms with Crippen molar-refractivity contribution in [2.45, 2.75) is 42.1 Å². The molecule has 13 heteroatoms. The Bertz CT molecular complexity index is 1410. The van der Waals surface area contributed by atoms with E-state index in [0.29, 0.717) is 17.8 Å². The molecule has 0 amide bonds. The second-order valence-corrected chi connectivity index (χ2v) is 10.6. The van der Waals surface area contributed by atoms with Gasteiger partial charge in [0.25, 0.3) is 5.69 Å². The van der Waals surface area contributed by atoms with Gasteiger partial charge < -0.3 is 14.5 Å². The van der Waals surface area contributed by atoms with Crippen LogP contribution in [0.3, 0.4) is 0 Å². The fourth-order valence-electron chi connectivity index (χ4n) is 4.61. The zero-order chi connectivity index (χ0) is 25.9. The first-order valence-electron chi connectivity index (χ1n) is 11.3. The molecule has 1 fully saturated rings. The number of benzene rings is 1. The zero-order valence-corrected chi connectivity index (χ0v) is 21.0. The van der Waals surface area contributed by atoms with Crippen molar-refractivity contribution in [2.24, 2.45) is 0 Å². The fourth-order valence-corrected chi connectivity index (χ4v) is 5.93. The third-order valence-corrected chi connectivity index (χ3v) is 8.40. The maximum Gasteiger partial charge on any atom is 0.321 e. The number of sulfonamides is 1. The number of thiocarbonyl (C=S) groups is 1. The molecule has 0 aliphatic heterocycles. The second kappa shape index (κ2) is 10.3. The third-order valence-electron chi connectivity index (χ3n) is 6.41. The van der Waals surface area contributed by atoms with E-state index in [2.05, 4.69) is 15.0 Å². The van der Waals surface area contributed by atoms with Gasteiger partial charge in [-0.2, -0.15) is 4.72 Å². The fraction of sp³-hybridized carbons (Fsp3) is 0.348. The van der Waals surface area contributed by atoms with Gasteiger partial charge in [0.15, 0.2) is 0 Å². The molecule has 0 radical (unpaired) electrons. The van der Waals surface area contributed by atoms with Gasteiger partial charge in [-0.15, -0.1) is 0 Å². The van der Waals surface area contributed by atoms with Crippen molar-refractivity contribution < 1.29 is 22.9 Å². The highest BCUT2D eigenvalue weighted by Crippen LogP contribution is 2.42. The Kier molecular flexibility index (Phi) is 7.33. The molecule has 2 unspecified atom stereocenters. The molecule has 1 saturated carbocycles. The number of hydrogen-bond acceptors (Lipinski definition) is 8. The number of hydrogen-bond donors (Lipinski definition) is 2. The number of pyridine rings is 1. The van der Waals surface area contributed by atoms with Crippen LogP contribution in [-0.4, -0.2) is 53.4 Å². The third kappa shape index (κ3) is 4.94. The highest BCUT2D eigenvalue weighted by molar-refractivity contribution is 7.89. The molecule has 2 aromatic heterocycles. The van der Waals surface area contributed by atoms with E-state index in [9.17, 15) is 23.3 Å². The number of nitro benzene ring substituents is 1. The molecule has 1 aromatic carbocycles. The van der Waals surface area contributed by atoms with Crippen LogP contribution in [0.2, 0.25) is 0 Å². The molecule has 0 bridgehead atoms. The van der Waals surface area contributed by atoms with Crippen LogP contribution >= 0.6 is 12.2 Å². The van der Waals surface area contributed by atoms with Crippen LogP contribution in [-0.2, 0) is 25.0 Å². The number of ether oxygens (including phenoxy) is 1. The number of likely N-dealkylation sites (N-methyl/N-ethyl adjacent to an activating group) is 1. The quantitative estimate of drug-likeness (QED) is 0.194. The summed E-state index contributed by atoms with van der Waals surface area (Å²) >= 11 is 5.73. The van der Waals surface area contributed by atoms with E-state index in [4.69, 9.17) is 17.0 Å². The molecule has 36 heavy (non-hydrogen) atoms. The summed E-state index contributed by atoms with van der Waals surface area (Å²) in [5.41, 5.74) is 0.621. The average molecular weight is 532 g/mol. The van der Waals surface area contributed by atoms with Gasteiger partial charge in [0.2, 0.25) is 10.0 Å². The number of non-ortho nitro benzene ring substituents is 1. The molecule has 0 saturated heterocycles. The van der Waals surface area contributed by atoms with E-state index in [0.717, 1.165) is 48.3 Å². The normalized spacial score (nSPS) is 20.1. The van der Waals surface area contributed by atoms with E-state index in [1.165, 1.54) is 0 Å². The molecule has 2 heterocycles. The summed E-state index contributed by atoms with van der Waals surface area (Å²) in [7, 11) is -2.35. The Labute approximate surface area is 213 Å². The van der Waals surface area contributed by atoms with Gasteiger partial charge in [0, 0.05) is 37.8 Å². The van der Waals surface area contributed by atoms with Crippen LogP contribution < -0.4 is 10.0 Å². The summed E-state index contributed by atoms with van der Waals surface area (Å²) in [5, 5.41) is 13.9. The number of esters is 1. The van der Waals surface area contributed by atoms with E-state index in [-0.39, 0.29) is 10.6 Å². The summed E-state index contributed by atoms with van der Waals surface area (Å²) in [5.74, 6) is -0.751. The van der Waals surface area contributed by atoms with Gasteiger partial charge in [-0.25, -0.2) is 13.4 Å². The first-order chi connectivity index (χ1) is 17.2. The monoisotopic (exact) mass is 531 g/mol. The van der Waals surface area contributed by atoms with Crippen LogP contribution in [0.1, 0.15) is 31.2 Å². The lowest BCUT2D eigenvalue weighted by atomic mass is 9.67. The number of carbonyl (C=O) groups is 1. The van der Waals surface area contributed by atoms with Gasteiger partial charge in [-0.3, -0.25) is 14.9 Å². The molecule has 11 nitrogen and oxygen atoms in total. The van der Waals surface area contributed by atoms with Crippen molar-refractivity contribution in [3.05, 3.63) is 70.7 Å². The van der Waals surface area contributed by atoms with Crippen LogP contribution in [0.4, 0.5) is 5.69 Å². The molecular formula is C23H25N5O6S2. The molecule has 1 aliphatic carbocycles. The summed E-state index contributed by atoms with van der Waals surface area (Å²) in [6.07, 6.45) is 7.75. The minimum absolute atomic E-state index is 0.196. The summed E-state index contributed by atoms with van der Waals surface area (Å²) in [6, 6.07) is 8.18. The van der Waals surface area contributed by atoms with Gasteiger partial charge in [0.1, 0.15) is 18.3 Å². The predicted molar refractivity (Wildman–Crippen MR) is 135 cm³/mol. The number of aromatic nitrogens is 2. The minimum atomic E-state index is -4.08. The number of carbonyl (C=O) groups excluding carboxylic acids is 1. The smallest absolute Gasteiger partial charge is 0.321 e. The number of nitrogens with one attached hydrogen (secondary N) is 2. The highest BCUT2D eigenvalue weighted by Gasteiger charge is 2.48. The minimum Gasteiger partial charge on any atom is -0.460 e. The maximum absolute atomic E-state index is 12.8. The lowest BCUT2D eigenvalue weighted by Gasteiger charge is -2.44. The van der Waals surface area contributed by atoms with Crippen LogP contribution in [0.5, 0.6) is 0 Å². The van der Waals surface area contributed by atoms with Crippen LogP contribution in [0.25, 0.3) is 5.65 Å². The molecule has 2 N–H and O–H groups in total. The van der Waals surface area contributed by atoms with Crippen molar-refractivity contribution in [3.8, 4) is 0 Å². The summed E-state index contributed by atoms with van der Waals surface area (Å²) < 4.78 is 35.1. The Morgan fingerprint density at radius 2 is 2.03 bits per heavy atom. The van der Waals surface area contributed by atoms with Gasteiger partial charge in [-0.1, -0.05) is 24.7 Å². The van der Waals surface area contributed by atoms with Crippen LogP contribution in [0.15, 0.2) is 59.9 Å². The number of imidazole rings is 1. The lowest BCUT2D eigenvalue weighted by Crippen LogP contribution is -2.54. The van der Waals surface area contributed by atoms with Gasteiger partial charge in [-0.05, 0) is 43.0 Å². The standard InChI is InChI=1S/C23H25N5O6S2/c1-24-22(35)23(16-5-10-20-25-12-13-27(20)15-16)11-3-2-4-19(23)34-21(29)14-26-36(32,33)18-8-6-17(7-9-18)28(30)31/h5-10,12-13,15,19,26H,2-4,11,14H2,1H3,(H,24,35). The maximum atomic E-state index is 12.8. The average Bonchev–Trinajstić information content (AvgIpc) is 3.35. The summed E-state index contributed by atoms with van der Waals surface area (Å²) in [6.45, 7) is -0.598.